The van der Waals surface area contributed by atoms with Crippen LogP contribution in [0, 0.1) is 5.92 Å². The molecule has 0 aromatic heterocycles. The van der Waals surface area contributed by atoms with Gasteiger partial charge in [0, 0.05) is 16.4 Å². The molecule has 0 unspecified atom stereocenters. The lowest BCUT2D eigenvalue weighted by Gasteiger charge is -2.33. The second kappa shape index (κ2) is 9.08. The Hall–Kier alpha value is -2.02. The van der Waals surface area contributed by atoms with Crippen LogP contribution < -0.4 is 10.6 Å². The molecule has 4 rings (SSSR count). The first-order valence-corrected chi connectivity index (χ1v) is 12.8. The minimum Gasteiger partial charge on any atom is -0.352 e. The number of nitrogens with one attached hydrogen (secondary N) is 2. The van der Waals surface area contributed by atoms with Crippen LogP contribution in [-0.2, 0) is 9.59 Å². The van der Waals surface area contributed by atoms with Crippen LogP contribution in [0.15, 0.2) is 24.3 Å². The number of rotatable bonds is 6. The van der Waals surface area contributed by atoms with Crippen molar-refractivity contribution in [1.82, 2.24) is 15.5 Å². The molecule has 1 saturated carbocycles. The van der Waals surface area contributed by atoms with Crippen molar-refractivity contribution in [2.45, 2.75) is 94.5 Å². The highest BCUT2D eigenvalue weighted by Gasteiger charge is 2.57. The molecule has 1 saturated heterocycles. The van der Waals surface area contributed by atoms with E-state index in [1.165, 1.54) is 6.42 Å². The van der Waals surface area contributed by atoms with Gasteiger partial charge in [0.2, 0.25) is 11.8 Å². The minimum atomic E-state index is -0.633. The summed E-state index contributed by atoms with van der Waals surface area (Å²) in [5, 5.41) is 6.07. The lowest BCUT2D eigenvalue weighted by molar-refractivity contribution is -0.133. The fraction of sp³-hybridized carbons (Fsp3) is 0.640. The summed E-state index contributed by atoms with van der Waals surface area (Å²) in [4.78, 5) is 41.7. The van der Waals surface area contributed by atoms with Gasteiger partial charge in [-0.05, 0) is 44.2 Å². The summed E-state index contributed by atoms with van der Waals surface area (Å²) in [6.45, 7) is 8.05. The van der Waals surface area contributed by atoms with Crippen molar-refractivity contribution in [1.29, 1.82) is 0 Å². The maximum atomic E-state index is 13.6. The first-order chi connectivity index (χ1) is 15.2. The molecule has 1 aromatic rings. The zero-order chi connectivity index (χ0) is 23.0. The Kier molecular flexibility index (Phi) is 6.57. The lowest BCUT2D eigenvalue weighted by Crippen LogP contribution is -2.59. The number of hydrogen-bond acceptors (Lipinski definition) is 4. The van der Waals surface area contributed by atoms with E-state index in [0.717, 1.165) is 37.7 Å². The van der Waals surface area contributed by atoms with Gasteiger partial charge < -0.3 is 15.5 Å². The highest BCUT2D eigenvalue weighted by molar-refractivity contribution is 8.01. The van der Waals surface area contributed by atoms with Gasteiger partial charge in [-0.3, -0.25) is 14.4 Å². The van der Waals surface area contributed by atoms with Gasteiger partial charge in [0.05, 0.1) is 0 Å². The van der Waals surface area contributed by atoms with Crippen LogP contribution in [-0.4, -0.2) is 45.5 Å². The third-order valence-corrected chi connectivity index (χ3v) is 8.82. The van der Waals surface area contributed by atoms with Gasteiger partial charge >= 0.3 is 0 Å². The zero-order valence-electron chi connectivity index (χ0n) is 19.5. The summed E-state index contributed by atoms with van der Waals surface area (Å²) in [7, 11) is 0. The quantitative estimate of drug-likeness (QED) is 0.676. The lowest BCUT2D eigenvalue weighted by atomic mass is 9.93. The van der Waals surface area contributed by atoms with E-state index in [2.05, 4.69) is 10.6 Å². The van der Waals surface area contributed by atoms with Crippen LogP contribution in [0.4, 0.5) is 0 Å². The zero-order valence-corrected chi connectivity index (χ0v) is 20.3. The molecule has 6 nitrogen and oxygen atoms in total. The molecular formula is C25H35N3O3S. The Morgan fingerprint density at radius 3 is 2.56 bits per heavy atom. The average molecular weight is 458 g/mol. The Morgan fingerprint density at radius 2 is 1.88 bits per heavy atom. The van der Waals surface area contributed by atoms with E-state index in [0.29, 0.717) is 5.56 Å². The number of nitrogens with zero attached hydrogens (tertiary/aromatic N) is 1. The monoisotopic (exact) mass is 457 g/mol. The summed E-state index contributed by atoms with van der Waals surface area (Å²) in [5.74, 6) is -0.441. The van der Waals surface area contributed by atoms with Gasteiger partial charge in [0.1, 0.15) is 17.5 Å². The molecule has 174 valence electrons. The van der Waals surface area contributed by atoms with Crippen molar-refractivity contribution in [3.63, 3.8) is 0 Å². The van der Waals surface area contributed by atoms with Gasteiger partial charge in [-0.15, -0.1) is 11.8 Å². The number of thioether (sulfide) groups is 1. The van der Waals surface area contributed by atoms with Crippen molar-refractivity contribution in [3.05, 3.63) is 35.4 Å². The number of hydrogen-bond donors (Lipinski definition) is 2. The number of carbonyl (C=O) groups is 3. The van der Waals surface area contributed by atoms with Crippen molar-refractivity contribution in [3.8, 4) is 0 Å². The highest BCUT2D eigenvalue weighted by Crippen LogP contribution is 2.56. The Balaban J connectivity index is 1.53. The number of benzene rings is 1. The van der Waals surface area contributed by atoms with Crippen molar-refractivity contribution in [2.24, 2.45) is 5.92 Å². The van der Waals surface area contributed by atoms with Crippen LogP contribution in [0.5, 0.6) is 0 Å². The van der Waals surface area contributed by atoms with Gasteiger partial charge in [0.25, 0.3) is 5.91 Å². The van der Waals surface area contributed by atoms with Crippen LogP contribution in [0.2, 0.25) is 0 Å². The number of amides is 3. The van der Waals surface area contributed by atoms with Crippen molar-refractivity contribution < 1.29 is 14.4 Å². The SMILES string of the molecule is CC[C@H](C)[C@H](NC(=O)[C@H]1N2C(=O)c3ccccc3[C@@H]2SC1(C)C)C(=O)NC1CCCCC1. The molecule has 1 aromatic carbocycles. The summed E-state index contributed by atoms with van der Waals surface area (Å²) in [6.07, 6.45) is 6.28. The molecule has 3 amide bonds. The van der Waals surface area contributed by atoms with Gasteiger partial charge in [-0.25, -0.2) is 0 Å². The van der Waals surface area contributed by atoms with E-state index in [-0.39, 0.29) is 35.1 Å². The maximum Gasteiger partial charge on any atom is 0.256 e. The molecule has 2 heterocycles. The third kappa shape index (κ3) is 4.16. The summed E-state index contributed by atoms with van der Waals surface area (Å²) < 4.78 is -0.461. The fourth-order valence-corrected chi connectivity index (χ4v) is 6.87. The fourth-order valence-electron chi connectivity index (χ4n) is 5.28. The molecule has 2 aliphatic heterocycles. The number of fused-ring (bicyclic) bond motifs is 3. The molecule has 0 radical (unpaired) electrons. The number of carbonyl (C=O) groups excluding carboxylic acids is 3. The van der Waals surface area contributed by atoms with E-state index in [4.69, 9.17) is 0 Å². The van der Waals surface area contributed by atoms with E-state index < -0.39 is 16.8 Å². The van der Waals surface area contributed by atoms with Crippen LogP contribution in [0.25, 0.3) is 0 Å². The summed E-state index contributed by atoms with van der Waals surface area (Å²) >= 11 is 1.64. The molecule has 4 atom stereocenters. The second-order valence-electron chi connectivity index (χ2n) is 9.99. The normalized spacial score (nSPS) is 26.2. The van der Waals surface area contributed by atoms with E-state index in [1.807, 2.05) is 52.0 Å². The molecule has 3 aliphatic rings. The Bertz CT molecular complexity index is 896. The van der Waals surface area contributed by atoms with Crippen LogP contribution in [0.3, 0.4) is 0 Å². The van der Waals surface area contributed by atoms with E-state index in [9.17, 15) is 14.4 Å². The van der Waals surface area contributed by atoms with Gasteiger partial charge in [-0.2, -0.15) is 0 Å². The molecule has 1 aliphatic carbocycles. The van der Waals surface area contributed by atoms with Gasteiger partial charge in [0.15, 0.2) is 0 Å². The molecule has 7 heteroatoms. The highest BCUT2D eigenvalue weighted by atomic mass is 32.2. The molecule has 0 bridgehead atoms. The standard InChI is InChI=1S/C25H35N3O3S/c1-5-15(2)19(21(29)26-16-11-7-6-8-12-16)27-22(30)20-25(3,4)32-24-18-14-10-9-13-17(18)23(31)28(20)24/h9-10,13-16,19-20,24H,5-8,11-12H2,1-4H3,(H,26,29)(H,27,30)/t15-,19-,20+,24-/m0/s1. The Labute approximate surface area is 195 Å². The van der Waals surface area contributed by atoms with Gasteiger partial charge in [-0.1, -0.05) is 57.7 Å². The van der Waals surface area contributed by atoms with E-state index in [1.54, 1.807) is 16.7 Å². The smallest absolute Gasteiger partial charge is 0.256 e. The average Bonchev–Trinajstić information content (AvgIpc) is 3.21. The molecular weight excluding hydrogens is 422 g/mol. The van der Waals surface area contributed by atoms with Crippen LogP contribution >= 0.6 is 11.8 Å². The minimum absolute atomic E-state index is 0.00184. The second-order valence-corrected chi connectivity index (χ2v) is 11.7. The molecule has 2 fully saturated rings. The summed E-state index contributed by atoms with van der Waals surface area (Å²) in [6, 6.07) is 6.56. The van der Waals surface area contributed by atoms with E-state index >= 15 is 0 Å². The van der Waals surface area contributed by atoms with Crippen LogP contribution in [0.1, 0.15) is 87.5 Å². The van der Waals surface area contributed by atoms with Crippen molar-refractivity contribution >= 4 is 29.5 Å². The first kappa shape index (κ1) is 23.1. The Morgan fingerprint density at radius 1 is 1.19 bits per heavy atom. The first-order valence-electron chi connectivity index (χ1n) is 11.9. The maximum absolute atomic E-state index is 13.6. The predicted molar refractivity (Wildman–Crippen MR) is 127 cm³/mol. The third-order valence-electron chi connectivity index (χ3n) is 7.29. The largest absolute Gasteiger partial charge is 0.352 e. The molecule has 2 N–H and O–H groups in total. The van der Waals surface area contributed by atoms with Crippen molar-refractivity contribution in [2.75, 3.05) is 0 Å². The molecule has 32 heavy (non-hydrogen) atoms. The predicted octanol–water partition coefficient (Wildman–Crippen LogP) is 4.01. The topological polar surface area (TPSA) is 78.5 Å². The summed E-state index contributed by atoms with van der Waals surface area (Å²) in [5.41, 5.74) is 1.64. The molecule has 0 spiro atoms.